The van der Waals surface area contributed by atoms with Crippen LogP contribution in [0.2, 0.25) is 0 Å². The van der Waals surface area contributed by atoms with E-state index in [2.05, 4.69) is 10.2 Å². The van der Waals surface area contributed by atoms with Crippen LogP contribution < -0.4 is 0 Å². The predicted molar refractivity (Wildman–Crippen MR) is 64.5 cm³/mol. The number of aromatic carboxylic acids is 1. The molecule has 1 N–H and O–H groups in total. The lowest BCUT2D eigenvalue weighted by molar-refractivity contribution is 0.0695. The minimum atomic E-state index is -0.943. The van der Waals surface area contributed by atoms with E-state index < -0.39 is 5.97 Å². The van der Waals surface area contributed by atoms with Crippen LogP contribution in [0.1, 0.15) is 34.4 Å². The van der Waals surface area contributed by atoms with Crippen LogP contribution in [-0.2, 0) is 13.5 Å². The fourth-order valence-corrected chi connectivity index (χ4v) is 2.09. The minimum Gasteiger partial charge on any atom is -0.478 e. The molecule has 18 heavy (non-hydrogen) atoms. The lowest BCUT2D eigenvalue weighted by atomic mass is 10.1. The van der Waals surface area contributed by atoms with Crippen molar-refractivity contribution in [2.75, 3.05) is 0 Å². The Balaban J connectivity index is 2.65. The molecule has 0 radical (unpaired) electrons. The molecule has 0 aliphatic rings. The molecule has 2 heterocycles. The monoisotopic (exact) mass is 249 g/mol. The Morgan fingerprint density at radius 3 is 2.50 bits per heavy atom. The summed E-state index contributed by atoms with van der Waals surface area (Å²) in [5.74, 6) is -0.0374. The van der Waals surface area contributed by atoms with Crippen molar-refractivity contribution in [3.8, 4) is 11.6 Å². The smallest absolute Gasteiger partial charge is 0.337 e. The topological polar surface area (TPSA) is 81.1 Å². The molecule has 2 aromatic heterocycles. The quantitative estimate of drug-likeness (QED) is 0.899. The van der Waals surface area contributed by atoms with Crippen LogP contribution in [0.5, 0.6) is 0 Å². The van der Waals surface area contributed by atoms with Gasteiger partial charge in [-0.15, -0.1) is 10.2 Å². The molecule has 0 aliphatic carbocycles. The van der Waals surface area contributed by atoms with Crippen molar-refractivity contribution in [3.05, 3.63) is 22.7 Å². The average Bonchev–Trinajstić information content (AvgIpc) is 2.84. The van der Waals surface area contributed by atoms with Gasteiger partial charge in [0.1, 0.15) is 5.69 Å². The summed E-state index contributed by atoms with van der Waals surface area (Å²) in [5, 5.41) is 17.1. The van der Waals surface area contributed by atoms with Gasteiger partial charge in [-0.2, -0.15) is 0 Å². The van der Waals surface area contributed by atoms with Crippen LogP contribution in [0.3, 0.4) is 0 Å². The summed E-state index contributed by atoms with van der Waals surface area (Å²) >= 11 is 0. The van der Waals surface area contributed by atoms with E-state index in [1.807, 2.05) is 6.92 Å². The number of aromatic nitrogens is 3. The number of rotatable bonds is 3. The highest BCUT2D eigenvalue weighted by molar-refractivity contribution is 5.93. The van der Waals surface area contributed by atoms with Crippen molar-refractivity contribution in [1.29, 1.82) is 0 Å². The number of carboxylic acids is 1. The van der Waals surface area contributed by atoms with Gasteiger partial charge in [-0.05, 0) is 19.4 Å². The third kappa shape index (κ3) is 1.70. The molecule has 96 valence electrons. The van der Waals surface area contributed by atoms with Crippen molar-refractivity contribution in [2.24, 2.45) is 7.05 Å². The van der Waals surface area contributed by atoms with E-state index in [4.69, 9.17) is 4.42 Å². The van der Waals surface area contributed by atoms with Crippen LogP contribution in [0.25, 0.3) is 11.6 Å². The zero-order valence-corrected chi connectivity index (χ0v) is 10.8. The van der Waals surface area contributed by atoms with E-state index in [1.54, 1.807) is 25.5 Å². The molecule has 0 aliphatic heterocycles. The van der Waals surface area contributed by atoms with Gasteiger partial charge in [0.2, 0.25) is 5.89 Å². The lowest BCUT2D eigenvalue weighted by Gasteiger charge is -2.00. The average molecular weight is 249 g/mol. The standard InChI is InChI=1S/C12H15N3O3/c1-5-8-13-14-11(18-8)10-6(2)9(12(16)17)7(3)15(10)4/h5H2,1-4H3,(H,16,17). The predicted octanol–water partition coefficient (Wildman–Crippen LogP) is 1.95. The Bertz CT molecular complexity index is 610. The van der Waals surface area contributed by atoms with Gasteiger partial charge in [0.25, 0.3) is 5.89 Å². The van der Waals surface area contributed by atoms with Crippen molar-refractivity contribution in [1.82, 2.24) is 14.8 Å². The molecule has 0 saturated carbocycles. The van der Waals surface area contributed by atoms with Gasteiger partial charge in [0.05, 0.1) is 5.56 Å². The van der Waals surface area contributed by atoms with Gasteiger partial charge >= 0.3 is 5.97 Å². The molecule has 0 saturated heterocycles. The molecular weight excluding hydrogens is 234 g/mol. The highest BCUT2D eigenvalue weighted by Gasteiger charge is 2.24. The Kier molecular flexibility index (Phi) is 2.94. The van der Waals surface area contributed by atoms with E-state index in [-0.39, 0.29) is 0 Å². The number of carbonyl (C=O) groups is 1. The summed E-state index contributed by atoms with van der Waals surface area (Å²) in [7, 11) is 1.79. The van der Waals surface area contributed by atoms with Gasteiger partial charge in [0, 0.05) is 19.2 Å². The Hall–Kier alpha value is -2.11. The van der Waals surface area contributed by atoms with E-state index in [0.29, 0.717) is 40.7 Å². The molecule has 2 rings (SSSR count). The number of carboxylic acid groups (broad SMARTS) is 1. The molecule has 0 atom stereocenters. The third-order valence-corrected chi connectivity index (χ3v) is 3.12. The first-order valence-corrected chi connectivity index (χ1v) is 5.69. The molecule has 0 bridgehead atoms. The summed E-state index contributed by atoms with van der Waals surface area (Å²) in [6.07, 6.45) is 0.654. The summed E-state index contributed by atoms with van der Waals surface area (Å²) in [6, 6.07) is 0. The number of nitrogens with zero attached hydrogens (tertiary/aromatic N) is 3. The molecule has 0 unspecified atom stereocenters. The summed E-state index contributed by atoms with van der Waals surface area (Å²) in [6.45, 7) is 5.43. The highest BCUT2D eigenvalue weighted by Crippen LogP contribution is 2.29. The third-order valence-electron chi connectivity index (χ3n) is 3.12. The first-order valence-electron chi connectivity index (χ1n) is 5.69. The zero-order valence-electron chi connectivity index (χ0n) is 10.8. The van der Waals surface area contributed by atoms with Gasteiger partial charge in [0.15, 0.2) is 0 Å². The lowest BCUT2D eigenvalue weighted by Crippen LogP contribution is -2.00. The molecule has 6 heteroatoms. The van der Waals surface area contributed by atoms with Crippen molar-refractivity contribution >= 4 is 5.97 Å². The van der Waals surface area contributed by atoms with Gasteiger partial charge < -0.3 is 14.1 Å². The van der Waals surface area contributed by atoms with E-state index >= 15 is 0 Å². The number of aryl methyl sites for hydroxylation is 1. The number of hydrogen-bond donors (Lipinski definition) is 1. The second-order valence-electron chi connectivity index (χ2n) is 4.15. The first-order chi connectivity index (χ1) is 8.47. The van der Waals surface area contributed by atoms with Gasteiger partial charge in [-0.3, -0.25) is 0 Å². The van der Waals surface area contributed by atoms with E-state index in [1.165, 1.54) is 0 Å². The Morgan fingerprint density at radius 1 is 1.39 bits per heavy atom. The second-order valence-corrected chi connectivity index (χ2v) is 4.15. The molecule has 6 nitrogen and oxygen atoms in total. The highest BCUT2D eigenvalue weighted by atomic mass is 16.4. The molecule has 0 aromatic carbocycles. The maximum absolute atomic E-state index is 11.2. The van der Waals surface area contributed by atoms with E-state index in [0.717, 1.165) is 0 Å². The Labute approximate surface area is 104 Å². The van der Waals surface area contributed by atoms with Gasteiger partial charge in [-0.1, -0.05) is 6.92 Å². The van der Waals surface area contributed by atoms with Crippen LogP contribution in [0.15, 0.2) is 4.42 Å². The van der Waals surface area contributed by atoms with Crippen LogP contribution >= 0.6 is 0 Å². The summed E-state index contributed by atoms with van der Waals surface area (Å²) in [4.78, 5) is 11.2. The van der Waals surface area contributed by atoms with Crippen molar-refractivity contribution in [3.63, 3.8) is 0 Å². The van der Waals surface area contributed by atoms with Crippen LogP contribution in [-0.4, -0.2) is 25.8 Å². The van der Waals surface area contributed by atoms with Crippen molar-refractivity contribution in [2.45, 2.75) is 27.2 Å². The maximum atomic E-state index is 11.2. The molecule has 0 spiro atoms. The fourth-order valence-electron chi connectivity index (χ4n) is 2.09. The largest absolute Gasteiger partial charge is 0.478 e. The molecule has 0 amide bonds. The first kappa shape index (κ1) is 12.3. The SMILES string of the molecule is CCc1nnc(-c2c(C)c(C(=O)O)c(C)n2C)o1. The zero-order chi connectivity index (χ0) is 13.4. The van der Waals surface area contributed by atoms with Crippen LogP contribution in [0, 0.1) is 13.8 Å². The van der Waals surface area contributed by atoms with E-state index in [9.17, 15) is 9.90 Å². The summed E-state index contributed by atoms with van der Waals surface area (Å²) in [5.41, 5.74) is 2.28. The Morgan fingerprint density at radius 2 is 2.06 bits per heavy atom. The molecular formula is C12H15N3O3. The molecule has 2 aromatic rings. The fraction of sp³-hybridized carbons (Fsp3) is 0.417. The summed E-state index contributed by atoms with van der Waals surface area (Å²) < 4.78 is 7.26. The molecule has 0 fully saturated rings. The van der Waals surface area contributed by atoms with Crippen molar-refractivity contribution < 1.29 is 14.3 Å². The number of hydrogen-bond acceptors (Lipinski definition) is 4. The van der Waals surface area contributed by atoms with Gasteiger partial charge in [-0.25, -0.2) is 4.79 Å². The second kappa shape index (κ2) is 4.29. The maximum Gasteiger partial charge on any atom is 0.337 e. The normalized spacial score (nSPS) is 10.9. The minimum absolute atomic E-state index is 0.295. The van der Waals surface area contributed by atoms with Crippen LogP contribution in [0.4, 0.5) is 0 Å².